The summed E-state index contributed by atoms with van der Waals surface area (Å²) in [5.41, 5.74) is 1.37. The van der Waals surface area contributed by atoms with Crippen molar-refractivity contribution in [2.75, 3.05) is 6.54 Å². The lowest BCUT2D eigenvalue weighted by Gasteiger charge is -2.26. The van der Waals surface area contributed by atoms with Crippen molar-refractivity contribution < 1.29 is 14.3 Å². The van der Waals surface area contributed by atoms with Crippen molar-refractivity contribution in [2.45, 2.75) is 39.8 Å². The van der Waals surface area contributed by atoms with Crippen LogP contribution in [0.25, 0.3) is 10.9 Å². The van der Waals surface area contributed by atoms with Gasteiger partial charge < -0.3 is 9.72 Å². The van der Waals surface area contributed by atoms with E-state index in [1.807, 2.05) is 51.1 Å². The van der Waals surface area contributed by atoms with Gasteiger partial charge in [-0.05, 0) is 51.3 Å². The molecule has 0 bridgehead atoms. The Labute approximate surface area is 142 Å². The van der Waals surface area contributed by atoms with E-state index in [1.165, 1.54) is 13.0 Å². The SMILES string of the molecule is CC(=O)/C=C/CN(Cc1cc2ccccc2[nH]1)C(=O)OC(C)(C)C. The Morgan fingerprint density at radius 3 is 2.58 bits per heavy atom. The van der Waals surface area contributed by atoms with Crippen molar-refractivity contribution in [2.24, 2.45) is 0 Å². The standard InChI is InChI=1S/C19H24N2O3/c1-14(22)8-7-11-21(18(23)24-19(2,3)4)13-16-12-15-9-5-6-10-17(15)20-16/h5-10,12,20H,11,13H2,1-4H3/b8-7+. The fraction of sp³-hybridized carbons (Fsp3) is 0.368. The third kappa shape index (κ3) is 5.26. The zero-order valence-corrected chi connectivity index (χ0v) is 14.6. The third-order valence-corrected chi connectivity index (χ3v) is 3.28. The number of para-hydroxylation sites is 1. The van der Waals surface area contributed by atoms with Gasteiger partial charge in [0, 0.05) is 17.8 Å². The molecule has 5 heteroatoms. The number of aromatic amines is 1. The maximum Gasteiger partial charge on any atom is 0.410 e. The van der Waals surface area contributed by atoms with Crippen LogP contribution < -0.4 is 0 Å². The maximum atomic E-state index is 12.4. The highest BCUT2D eigenvalue weighted by Crippen LogP contribution is 2.17. The zero-order chi connectivity index (χ0) is 17.7. The van der Waals surface area contributed by atoms with Crippen LogP contribution in [0, 0.1) is 0 Å². The third-order valence-electron chi connectivity index (χ3n) is 3.28. The van der Waals surface area contributed by atoms with Gasteiger partial charge in [0.05, 0.1) is 6.54 Å². The first-order valence-electron chi connectivity index (χ1n) is 7.96. The molecule has 0 fully saturated rings. The van der Waals surface area contributed by atoms with Gasteiger partial charge in [0.15, 0.2) is 5.78 Å². The van der Waals surface area contributed by atoms with Crippen molar-refractivity contribution in [3.05, 3.63) is 48.2 Å². The highest BCUT2D eigenvalue weighted by molar-refractivity contribution is 5.87. The maximum absolute atomic E-state index is 12.4. The topological polar surface area (TPSA) is 62.4 Å². The van der Waals surface area contributed by atoms with Crippen molar-refractivity contribution >= 4 is 22.8 Å². The summed E-state index contributed by atoms with van der Waals surface area (Å²) in [6.07, 6.45) is 2.73. The summed E-state index contributed by atoms with van der Waals surface area (Å²) in [5, 5.41) is 1.09. The Bertz CT molecular complexity index is 720. The van der Waals surface area contributed by atoms with Crippen LogP contribution in [-0.4, -0.2) is 33.9 Å². The smallest absolute Gasteiger partial charge is 0.410 e. The fourth-order valence-electron chi connectivity index (χ4n) is 2.30. The highest BCUT2D eigenvalue weighted by atomic mass is 16.6. The molecule has 0 unspecified atom stereocenters. The largest absolute Gasteiger partial charge is 0.444 e. The first-order chi connectivity index (χ1) is 11.2. The molecule has 128 valence electrons. The molecule has 1 aromatic carbocycles. The number of benzene rings is 1. The molecule has 1 N–H and O–H groups in total. The summed E-state index contributed by atoms with van der Waals surface area (Å²) >= 11 is 0. The predicted molar refractivity (Wildman–Crippen MR) is 94.8 cm³/mol. The van der Waals surface area contributed by atoms with E-state index in [0.717, 1.165) is 16.6 Å². The minimum Gasteiger partial charge on any atom is -0.444 e. The Balaban J connectivity index is 2.17. The van der Waals surface area contributed by atoms with Crippen molar-refractivity contribution in [1.29, 1.82) is 0 Å². The molecule has 0 aliphatic rings. The van der Waals surface area contributed by atoms with Gasteiger partial charge in [-0.2, -0.15) is 0 Å². The Morgan fingerprint density at radius 1 is 1.25 bits per heavy atom. The second kappa shape index (κ2) is 7.34. The molecule has 1 amide bonds. The van der Waals surface area contributed by atoms with Crippen molar-refractivity contribution in [3.8, 4) is 0 Å². The molecule has 5 nitrogen and oxygen atoms in total. The number of ether oxygens (including phenoxy) is 1. The van der Waals surface area contributed by atoms with Gasteiger partial charge in [-0.1, -0.05) is 24.3 Å². The first-order valence-corrected chi connectivity index (χ1v) is 7.96. The second-order valence-corrected chi connectivity index (χ2v) is 6.76. The quantitative estimate of drug-likeness (QED) is 0.842. The van der Waals surface area contributed by atoms with Gasteiger partial charge in [-0.3, -0.25) is 9.69 Å². The molecule has 0 aliphatic heterocycles. The minimum absolute atomic E-state index is 0.0512. The van der Waals surface area contributed by atoms with E-state index in [4.69, 9.17) is 4.74 Å². The number of ketones is 1. The molecular formula is C19H24N2O3. The molecule has 0 saturated heterocycles. The Hall–Kier alpha value is -2.56. The number of hydrogen-bond acceptors (Lipinski definition) is 3. The van der Waals surface area contributed by atoms with Crippen molar-refractivity contribution in [1.82, 2.24) is 9.88 Å². The van der Waals surface area contributed by atoms with E-state index in [1.54, 1.807) is 11.0 Å². The number of nitrogens with zero attached hydrogens (tertiary/aromatic N) is 1. The molecule has 0 saturated carbocycles. The van der Waals surface area contributed by atoms with Gasteiger partial charge in [0.2, 0.25) is 0 Å². The number of carbonyl (C=O) groups is 2. The molecular weight excluding hydrogens is 304 g/mol. The van der Waals surface area contributed by atoms with Gasteiger partial charge in [-0.25, -0.2) is 4.79 Å². The highest BCUT2D eigenvalue weighted by Gasteiger charge is 2.22. The van der Waals surface area contributed by atoms with Gasteiger partial charge in [0.1, 0.15) is 5.60 Å². The molecule has 0 aliphatic carbocycles. The number of amides is 1. The number of aromatic nitrogens is 1. The van der Waals surface area contributed by atoms with Crippen LogP contribution in [0.15, 0.2) is 42.5 Å². The van der Waals surface area contributed by atoms with Crippen LogP contribution in [0.1, 0.15) is 33.4 Å². The molecule has 1 heterocycles. The predicted octanol–water partition coefficient (Wildman–Crippen LogP) is 4.05. The van der Waals surface area contributed by atoms with E-state index in [0.29, 0.717) is 13.1 Å². The molecule has 0 spiro atoms. The Kier molecular flexibility index (Phi) is 5.44. The number of H-pyrrole nitrogens is 1. The van der Waals surface area contributed by atoms with E-state index in [9.17, 15) is 9.59 Å². The van der Waals surface area contributed by atoms with E-state index in [2.05, 4.69) is 4.98 Å². The number of nitrogens with one attached hydrogen (secondary N) is 1. The number of rotatable bonds is 5. The van der Waals surface area contributed by atoms with Crippen LogP contribution in [0.5, 0.6) is 0 Å². The molecule has 1 aromatic heterocycles. The van der Waals surface area contributed by atoms with Gasteiger partial charge >= 0.3 is 6.09 Å². The zero-order valence-electron chi connectivity index (χ0n) is 14.6. The van der Waals surface area contributed by atoms with Gasteiger partial charge in [-0.15, -0.1) is 0 Å². The summed E-state index contributed by atoms with van der Waals surface area (Å²) in [5.74, 6) is -0.0512. The number of hydrogen-bond donors (Lipinski definition) is 1. The minimum atomic E-state index is -0.569. The molecule has 0 atom stereocenters. The second-order valence-electron chi connectivity index (χ2n) is 6.76. The molecule has 24 heavy (non-hydrogen) atoms. The van der Waals surface area contributed by atoms with E-state index in [-0.39, 0.29) is 5.78 Å². The van der Waals surface area contributed by atoms with E-state index >= 15 is 0 Å². The molecule has 2 rings (SSSR count). The number of allylic oxidation sites excluding steroid dienone is 1. The summed E-state index contributed by atoms with van der Waals surface area (Å²) in [6.45, 7) is 7.66. The van der Waals surface area contributed by atoms with Crippen LogP contribution in [0.2, 0.25) is 0 Å². The summed E-state index contributed by atoms with van der Waals surface area (Å²) in [4.78, 5) is 28.4. The van der Waals surface area contributed by atoms with E-state index < -0.39 is 11.7 Å². The fourth-order valence-corrected chi connectivity index (χ4v) is 2.30. The summed E-state index contributed by atoms with van der Waals surface area (Å²) < 4.78 is 5.46. The monoisotopic (exact) mass is 328 g/mol. The summed E-state index contributed by atoms with van der Waals surface area (Å²) in [6, 6.07) is 9.96. The lowest BCUT2D eigenvalue weighted by molar-refractivity contribution is -0.112. The number of fused-ring (bicyclic) bond motifs is 1. The van der Waals surface area contributed by atoms with Gasteiger partial charge in [0.25, 0.3) is 0 Å². The summed E-state index contributed by atoms with van der Waals surface area (Å²) in [7, 11) is 0. The van der Waals surface area contributed by atoms with Crippen LogP contribution >= 0.6 is 0 Å². The van der Waals surface area contributed by atoms with Crippen LogP contribution in [0.3, 0.4) is 0 Å². The molecule has 2 aromatic rings. The average Bonchev–Trinajstić information content (AvgIpc) is 2.86. The lowest BCUT2D eigenvalue weighted by Crippen LogP contribution is -2.36. The van der Waals surface area contributed by atoms with Crippen molar-refractivity contribution in [3.63, 3.8) is 0 Å². The van der Waals surface area contributed by atoms with Crippen LogP contribution in [-0.2, 0) is 16.1 Å². The number of carbonyl (C=O) groups excluding carboxylic acids is 2. The lowest BCUT2D eigenvalue weighted by atomic mass is 10.2. The normalized spacial score (nSPS) is 11.8. The molecule has 0 radical (unpaired) electrons. The average molecular weight is 328 g/mol. The Morgan fingerprint density at radius 2 is 1.96 bits per heavy atom. The first kappa shape index (κ1) is 17.8. The van der Waals surface area contributed by atoms with Crippen LogP contribution in [0.4, 0.5) is 4.79 Å².